The van der Waals surface area contributed by atoms with Crippen LogP contribution in [0.1, 0.15) is 24.5 Å². The first kappa shape index (κ1) is 16.2. The number of nitrogens with zero attached hydrogens (tertiary/aromatic N) is 1. The molecule has 0 spiro atoms. The second kappa shape index (κ2) is 8.35. The highest BCUT2D eigenvalue weighted by Crippen LogP contribution is 2.10. The predicted octanol–water partition coefficient (Wildman–Crippen LogP) is 4.43. The van der Waals surface area contributed by atoms with Gasteiger partial charge in [-0.15, -0.1) is 0 Å². The van der Waals surface area contributed by atoms with Crippen LogP contribution in [0.4, 0.5) is 0 Å². The van der Waals surface area contributed by atoms with Gasteiger partial charge in [-0.1, -0.05) is 59.2 Å². The Labute approximate surface area is 135 Å². The van der Waals surface area contributed by atoms with Gasteiger partial charge in [0.15, 0.2) is 0 Å². The van der Waals surface area contributed by atoms with Gasteiger partial charge in [0.05, 0.1) is 12.1 Å². The first-order valence-corrected chi connectivity index (χ1v) is 7.53. The standard InChI is InChI=1S/C18H18ClNO2/c1-14(13-16-7-10-17(19)11-8-16)20-22-18(21)12-9-15-5-3-2-4-6-15/h2-8,10-11H,9,12-13H2,1H3/b20-14+. The minimum atomic E-state index is -0.320. The number of carbonyl (C=O) groups is 1. The average Bonchev–Trinajstić information content (AvgIpc) is 2.54. The quantitative estimate of drug-likeness (QED) is 0.449. The van der Waals surface area contributed by atoms with Gasteiger partial charge in [0.2, 0.25) is 0 Å². The third-order valence-electron chi connectivity index (χ3n) is 3.14. The molecule has 0 bridgehead atoms. The first-order chi connectivity index (χ1) is 10.6. The van der Waals surface area contributed by atoms with E-state index in [0.717, 1.165) is 16.8 Å². The maximum Gasteiger partial charge on any atom is 0.335 e. The molecule has 0 radical (unpaired) electrons. The number of rotatable bonds is 6. The lowest BCUT2D eigenvalue weighted by atomic mass is 10.1. The molecule has 0 saturated heterocycles. The molecule has 22 heavy (non-hydrogen) atoms. The highest BCUT2D eigenvalue weighted by Gasteiger charge is 2.04. The van der Waals surface area contributed by atoms with Crippen LogP contribution in [-0.4, -0.2) is 11.7 Å². The summed E-state index contributed by atoms with van der Waals surface area (Å²) in [5.41, 5.74) is 2.93. The molecule has 0 aliphatic heterocycles. The van der Waals surface area contributed by atoms with Crippen molar-refractivity contribution in [1.29, 1.82) is 0 Å². The maximum atomic E-state index is 11.7. The smallest absolute Gasteiger partial charge is 0.318 e. The van der Waals surface area contributed by atoms with Crippen molar-refractivity contribution >= 4 is 23.3 Å². The molecule has 3 nitrogen and oxygen atoms in total. The lowest BCUT2D eigenvalue weighted by Gasteiger charge is -2.02. The van der Waals surface area contributed by atoms with Gasteiger partial charge >= 0.3 is 5.97 Å². The minimum Gasteiger partial charge on any atom is -0.318 e. The molecule has 0 aliphatic carbocycles. The Hall–Kier alpha value is -2.13. The van der Waals surface area contributed by atoms with Crippen LogP contribution in [0.5, 0.6) is 0 Å². The lowest BCUT2D eigenvalue weighted by Crippen LogP contribution is -2.05. The summed E-state index contributed by atoms with van der Waals surface area (Å²) in [6.07, 6.45) is 1.61. The molecule has 0 atom stereocenters. The molecule has 0 aromatic heterocycles. The Kier molecular flexibility index (Phi) is 6.16. The molecule has 0 N–H and O–H groups in total. The summed E-state index contributed by atoms with van der Waals surface area (Å²) in [7, 11) is 0. The Bertz CT molecular complexity index is 636. The zero-order valence-corrected chi connectivity index (χ0v) is 13.2. The molecular weight excluding hydrogens is 298 g/mol. The van der Waals surface area contributed by atoms with E-state index in [2.05, 4.69) is 5.16 Å². The average molecular weight is 316 g/mol. The van der Waals surface area contributed by atoms with Crippen LogP contribution >= 0.6 is 11.6 Å². The van der Waals surface area contributed by atoms with Crippen molar-refractivity contribution in [3.05, 3.63) is 70.7 Å². The Morgan fingerprint density at radius 2 is 1.73 bits per heavy atom. The van der Waals surface area contributed by atoms with Crippen molar-refractivity contribution in [1.82, 2.24) is 0 Å². The van der Waals surface area contributed by atoms with Crippen molar-refractivity contribution in [2.24, 2.45) is 5.16 Å². The van der Waals surface area contributed by atoms with Crippen molar-refractivity contribution in [2.75, 3.05) is 0 Å². The fraction of sp³-hybridized carbons (Fsp3) is 0.222. The third-order valence-corrected chi connectivity index (χ3v) is 3.39. The van der Waals surface area contributed by atoms with Crippen molar-refractivity contribution in [3.63, 3.8) is 0 Å². The highest BCUT2D eigenvalue weighted by atomic mass is 35.5. The van der Waals surface area contributed by atoms with Crippen LogP contribution in [0.15, 0.2) is 59.8 Å². The maximum absolute atomic E-state index is 11.7. The van der Waals surface area contributed by atoms with Crippen LogP contribution in [0.25, 0.3) is 0 Å². The van der Waals surface area contributed by atoms with Gasteiger partial charge < -0.3 is 4.84 Å². The van der Waals surface area contributed by atoms with E-state index in [-0.39, 0.29) is 5.97 Å². The summed E-state index contributed by atoms with van der Waals surface area (Å²) in [5.74, 6) is -0.320. The molecule has 2 aromatic carbocycles. The Balaban J connectivity index is 1.77. The largest absolute Gasteiger partial charge is 0.335 e. The monoisotopic (exact) mass is 315 g/mol. The lowest BCUT2D eigenvalue weighted by molar-refractivity contribution is -0.143. The van der Waals surface area contributed by atoms with E-state index in [1.165, 1.54) is 0 Å². The van der Waals surface area contributed by atoms with Crippen LogP contribution in [0.3, 0.4) is 0 Å². The molecule has 0 fully saturated rings. The summed E-state index contributed by atoms with van der Waals surface area (Å²) in [4.78, 5) is 16.6. The molecule has 2 rings (SSSR count). The van der Waals surface area contributed by atoms with Crippen LogP contribution in [-0.2, 0) is 22.5 Å². The Morgan fingerprint density at radius 1 is 1.05 bits per heavy atom. The first-order valence-electron chi connectivity index (χ1n) is 7.15. The van der Waals surface area contributed by atoms with Crippen molar-refractivity contribution in [2.45, 2.75) is 26.2 Å². The summed E-state index contributed by atoms with van der Waals surface area (Å²) in [5, 5.41) is 4.59. The SMILES string of the molecule is C/C(Cc1ccc(Cl)cc1)=N\OC(=O)CCc1ccccc1. The fourth-order valence-corrected chi connectivity index (χ4v) is 2.12. The molecule has 2 aromatic rings. The van der Waals surface area contributed by atoms with Crippen molar-refractivity contribution in [3.8, 4) is 0 Å². The molecule has 0 unspecified atom stereocenters. The normalized spacial score (nSPS) is 11.3. The van der Waals surface area contributed by atoms with E-state index in [1.54, 1.807) is 0 Å². The summed E-state index contributed by atoms with van der Waals surface area (Å²) in [6.45, 7) is 1.83. The second-order valence-electron chi connectivity index (χ2n) is 5.08. The number of oxime groups is 1. The van der Waals surface area contributed by atoms with Crippen molar-refractivity contribution < 1.29 is 9.63 Å². The van der Waals surface area contributed by atoms with E-state index in [0.29, 0.717) is 24.3 Å². The molecule has 0 aliphatic rings. The van der Waals surface area contributed by atoms with Crippen LogP contribution in [0, 0.1) is 0 Å². The van der Waals surface area contributed by atoms with Gasteiger partial charge in [0.1, 0.15) is 0 Å². The van der Waals surface area contributed by atoms with E-state index in [4.69, 9.17) is 16.4 Å². The van der Waals surface area contributed by atoms with Gasteiger partial charge in [-0.3, -0.25) is 0 Å². The molecule has 114 valence electrons. The molecular formula is C18H18ClNO2. The summed E-state index contributed by atoms with van der Waals surface area (Å²) >= 11 is 5.84. The molecule has 4 heteroatoms. The number of benzene rings is 2. The van der Waals surface area contributed by atoms with E-state index in [1.807, 2.05) is 61.5 Å². The predicted molar refractivity (Wildman–Crippen MR) is 89.1 cm³/mol. The van der Waals surface area contributed by atoms with Gasteiger partial charge in [-0.05, 0) is 36.6 Å². The zero-order valence-electron chi connectivity index (χ0n) is 12.5. The van der Waals surface area contributed by atoms with Crippen LogP contribution in [0.2, 0.25) is 5.02 Å². The van der Waals surface area contributed by atoms with Gasteiger partial charge in [0, 0.05) is 11.4 Å². The molecule has 0 heterocycles. The van der Waals surface area contributed by atoms with Gasteiger partial charge in [-0.2, -0.15) is 0 Å². The number of aryl methyl sites for hydroxylation is 1. The van der Waals surface area contributed by atoms with Gasteiger partial charge in [-0.25, -0.2) is 4.79 Å². The van der Waals surface area contributed by atoms with E-state index >= 15 is 0 Å². The minimum absolute atomic E-state index is 0.320. The summed E-state index contributed by atoms with van der Waals surface area (Å²) in [6, 6.07) is 17.4. The zero-order chi connectivity index (χ0) is 15.8. The van der Waals surface area contributed by atoms with Gasteiger partial charge in [0.25, 0.3) is 0 Å². The topological polar surface area (TPSA) is 38.7 Å². The van der Waals surface area contributed by atoms with E-state index < -0.39 is 0 Å². The van der Waals surface area contributed by atoms with E-state index in [9.17, 15) is 4.79 Å². The number of carbonyl (C=O) groups excluding carboxylic acids is 1. The van der Waals surface area contributed by atoms with Crippen LogP contribution < -0.4 is 0 Å². The third kappa shape index (κ3) is 5.70. The molecule has 0 amide bonds. The number of halogens is 1. The highest BCUT2D eigenvalue weighted by molar-refractivity contribution is 6.30. The second-order valence-corrected chi connectivity index (χ2v) is 5.52. The summed E-state index contributed by atoms with van der Waals surface area (Å²) < 4.78 is 0. The number of hydrogen-bond acceptors (Lipinski definition) is 3. The fourth-order valence-electron chi connectivity index (χ4n) is 2.00. The number of hydrogen-bond donors (Lipinski definition) is 0. The molecule has 0 saturated carbocycles. The Morgan fingerprint density at radius 3 is 2.41 bits per heavy atom.